The first kappa shape index (κ1) is 14.8. The average Bonchev–Trinajstić information content (AvgIpc) is 2.38. The van der Waals surface area contributed by atoms with Crippen LogP contribution < -0.4 is 11.1 Å². The molecule has 110 valence electrons. The Hall–Kier alpha value is -1.56. The van der Waals surface area contributed by atoms with E-state index in [-0.39, 0.29) is 23.7 Å². The smallest absolute Gasteiger partial charge is 0.398 e. The van der Waals surface area contributed by atoms with E-state index in [1.165, 1.54) is 12.1 Å². The molecule has 1 saturated heterocycles. The fourth-order valence-corrected chi connectivity index (χ4v) is 2.53. The Labute approximate surface area is 115 Å². The minimum Gasteiger partial charge on any atom is -0.398 e. The third kappa shape index (κ3) is 3.30. The second-order valence-corrected chi connectivity index (χ2v) is 5.10. The molecular weight excluding hydrogens is 269 g/mol. The number of para-hydroxylation sites is 1. The summed E-state index contributed by atoms with van der Waals surface area (Å²) in [4.78, 5) is 12.1. The van der Waals surface area contributed by atoms with E-state index < -0.39 is 17.4 Å². The van der Waals surface area contributed by atoms with E-state index in [9.17, 15) is 18.0 Å². The van der Waals surface area contributed by atoms with Crippen molar-refractivity contribution in [2.24, 2.45) is 5.92 Å². The van der Waals surface area contributed by atoms with Gasteiger partial charge in [-0.2, -0.15) is 13.2 Å². The van der Waals surface area contributed by atoms with Gasteiger partial charge in [0.25, 0.3) is 0 Å². The first-order valence-corrected chi connectivity index (χ1v) is 6.59. The number of hydrogen-bond acceptors (Lipinski definition) is 3. The van der Waals surface area contributed by atoms with Gasteiger partial charge in [0.15, 0.2) is 5.78 Å². The van der Waals surface area contributed by atoms with Crippen molar-refractivity contribution in [3.8, 4) is 0 Å². The van der Waals surface area contributed by atoms with Crippen LogP contribution in [-0.4, -0.2) is 18.9 Å². The van der Waals surface area contributed by atoms with E-state index in [1.54, 1.807) is 0 Å². The fourth-order valence-electron chi connectivity index (χ4n) is 2.53. The molecule has 0 aliphatic carbocycles. The highest BCUT2D eigenvalue weighted by Crippen LogP contribution is 2.35. The topological polar surface area (TPSA) is 55.1 Å². The molecule has 20 heavy (non-hydrogen) atoms. The Balaban J connectivity index is 2.17. The van der Waals surface area contributed by atoms with E-state index in [0.717, 1.165) is 32.0 Å². The van der Waals surface area contributed by atoms with Crippen LogP contribution in [0.15, 0.2) is 18.2 Å². The minimum atomic E-state index is -4.53. The molecule has 1 atom stereocenters. The Morgan fingerprint density at radius 2 is 2.15 bits per heavy atom. The molecular formula is C14H17F3N2O. The monoisotopic (exact) mass is 286 g/mol. The van der Waals surface area contributed by atoms with Gasteiger partial charge < -0.3 is 11.1 Å². The van der Waals surface area contributed by atoms with Crippen LogP contribution in [0.25, 0.3) is 0 Å². The van der Waals surface area contributed by atoms with E-state index in [2.05, 4.69) is 5.32 Å². The number of ketones is 1. The summed E-state index contributed by atoms with van der Waals surface area (Å²) in [7, 11) is 0. The first-order chi connectivity index (χ1) is 9.39. The summed E-state index contributed by atoms with van der Waals surface area (Å²) in [5.41, 5.74) is 4.09. The zero-order chi connectivity index (χ0) is 14.8. The van der Waals surface area contributed by atoms with E-state index in [1.807, 2.05) is 0 Å². The molecule has 1 aliphatic rings. The van der Waals surface area contributed by atoms with Crippen LogP contribution in [0.2, 0.25) is 0 Å². The van der Waals surface area contributed by atoms with Crippen molar-refractivity contribution in [2.75, 3.05) is 18.8 Å². The molecule has 1 heterocycles. The highest BCUT2D eigenvalue weighted by Gasteiger charge is 2.34. The Morgan fingerprint density at radius 1 is 1.40 bits per heavy atom. The number of nitrogens with two attached hydrogens (primary N) is 1. The van der Waals surface area contributed by atoms with E-state index >= 15 is 0 Å². The third-order valence-corrected chi connectivity index (χ3v) is 3.58. The van der Waals surface area contributed by atoms with Gasteiger partial charge in [0, 0.05) is 12.0 Å². The van der Waals surface area contributed by atoms with Crippen molar-refractivity contribution in [2.45, 2.75) is 25.4 Å². The van der Waals surface area contributed by atoms with Gasteiger partial charge in [-0.3, -0.25) is 4.79 Å². The van der Waals surface area contributed by atoms with Crippen LogP contribution in [0.5, 0.6) is 0 Å². The summed E-state index contributed by atoms with van der Waals surface area (Å²) in [6.45, 7) is 1.65. The molecule has 0 radical (unpaired) electrons. The Kier molecular flexibility index (Phi) is 4.32. The number of carbonyl (C=O) groups is 1. The normalized spacial score (nSPS) is 19.9. The minimum absolute atomic E-state index is 0.0228. The lowest BCUT2D eigenvalue weighted by Gasteiger charge is -2.22. The summed E-state index contributed by atoms with van der Waals surface area (Å²) >= 11 is 0. The van der Waals surface area contributed by atoms with Gasteiger partial charge in [-0.1, -0.05) is 6.07 Å². The van der Waals surface area contributed by atoms with Crippen molar-refractivity contribution in [1.29, 1.82) is 0 Å². The van der Waals surface area contributed by atoms with Crippen molar-refractivity contribution in [1.82, 2.24) is 5.32 Å². The number of nitrogen functional groups attached to an aromatic ring is 1. The number of anilines is 1. The number of alkyl halides is 3. The summed E-state index contributed by atoms with van der Waals surface area (Å²) in [5, 5.41) is 3.18. The maximum atomic E-state index is 12.7. The summed E-state index contributed by atoms with van der Waals surface area (Å²) in [6, 6.07) is 3.49. The maximum Gasteiger partial charge on any atom is 0.418 e. The first-order valence-electron chi connectivity index (χ1n) is 6.59. The zero-order valence-electron chi connectivity index (χ0n) is 11.0. The highest BCUT2D eigenvalue weighted by atomic mass is 19.4. The molecule has 3 N–H and O–H groups in total. The molecule has 1 aromatic carbocycles. The molecule has 6 heteroatoms. The second kappa shape index (κ2) is 5.83. The molecule has 2 rings (SSSR count). The summed E-state index contributed by atoms with van der Waals surface area (Å²) < 4.78 is 38.2. The molecule has 1 unspecified atom stereocenters. The quantitative estimate of drug-likeness (QED) is 0.663. The number of halogens is 3. The number of hydrogen-bond donors (Lipinski definition) is 2. The maximum absolute atomic E-state index is 12.7. The van der Waals surface area contributed by atoms with Crippen LogP contribution in [0.4, 0.5) is 18.9 Å². The fraction of sp³-hybridized carbons (Fsp3) is 0.500. The van der Waals surface area contributed by atoms with Gasteiger partial charge in [-0.25, -0.2) is 0 Å². The molecule has 0 aromatic heterocycles. The van der Waals surface area contributed by atoms with Crippen LogP contribution >= 0.6 is 0 Å². The Morgan fingerprint density at radius 3 is 2.75 bits per heavy atom. The number of rotatable bonds is 3. The second-order valence-electron chi connectivity index (χ2n) is 5.10. The Bertz CT molecular complexity index is 494. The molecule has 0 saturated carbocycles. The van der Waals surface area contributed by atoms with Crippen molar-refractivity contribution in [3.05, 3.63) is 29.3 Å². The van der Waals surface area contributed by atoms with Gasteiger partial charge in [0.05, 0.1) is 11.3 Å². The SMILES string of the molecule is Nc1c(C(=O)CC2CCCNC2)cccc1C(F)(F)F. The molecule has 1 fully saturated rings. The van der Waals surface area contributed by atoms with Crippen molar-refractivity contribution in [3.63, 3.8) is 0 Å². The largest absolute Gasteiger partial charge is 0.418 e. The number of benzene rings is 1. The molecule has 1 aliphatic heterocycles. The lowest BCUT2D eigenvalue weighted by atomic mass is 9.91. The van der Waals surface area contributed by atoms with E-state index in [4.69, 9.17) is 5.73 Å². The number of Topliss-reactive ketones (excluding diaryl/α,β-unsaturated/α-hetero) is 1. The number of carbonyl (C=O) groups excluding carboxylic acids is 1. The number of nitrogens with one attached hydrogen (secondary N) is 1. The van der Waals surface area contributed by atoms with Crippen LogP contribution in [0.1, 0.15) is 35.2 Å². The molecule has 0 bridgehead atoms. The summed E-state index contributed by atoms with van der Waals surface area (Å²) in [6.07, 6.45) is -2.40. The third-order valence-electron chi connectivity index (χ3n) is 3.58. The van der Waals surface area contributed by atoms with Gasteiger partial charge in [0.2, 0.25) is 0 Å². The van der Waals surface area contributed by atoms with Gasteiger partial charge in [-0.05, 0) is 44.0 Å². The molecule has 0 amide bonds. The number of piperidine rings is 1. The van der Waals surface area contributed by atoms with Crippen molar-refractivity contribution >= 4 is 11.5 Å². The zero-order valence-corrected chi connectivity index (χ0v) is 11.0. The summed E-state index contributed by atoms with van der Waals surface area (Å²) in [5.74, 6) is -0.146. The van der Waals surface area contributed by atoms with Crippen LogP contribution in [-0.2, 0) is 6.18 Å². The highest BCUT2D eigenvalue weighted by molar-refractivity contribution is 6.01. The van der Waals surface area contributed by atoms with E-state index in [0.29, 0.717) is 0 Å². The predicted molar refractivity (Wildman–Crippen MR) is 70.4 cm³/mol. The lowest BCUT2D eigenvalue weighted by molar-refractivity contribution is -0.136. The van der Waals surface area contributed by atoms with Crippen LogP contribution in [0, 0.1) is 5.92 Å². The lowest BCUT2D eigenvalue weighted by Crippen LogP contribution is -2.31. The van der Waals surface area contributed by atoms with Gasteiger partial charge in [-0.15, -0.1) is 0 Å². The van der Waals surface area contributed by atoms with Gasteiger partial charge in [0.1, 0.15) is 0 Å². The average molecular weight is 286 g/mol. The molecule has 3 nitrogen and oxygen atoms in total. The predicted octanol–water partition coefficient (Wildman–Crippen LogP) is 2.86. The van der Waals surface area contributed by atoms with Gasteiger partial charge >= 0.3 is 6.18 Å². The molecule has 1 aromatic rings. The molecule has 0 spiro atoms. The van der Waals surface area contributed by atoms with Crippen molar-refractivity contribution < 1.29 is 18.0 Å². The van der Waals surface area contributed by atoms with Crippen LogP contribution in [0.3, 0.4) is 0 Å². The standard InChI is InChI=1S/C14H17F3N2O/c15-14(16,17)11-5-1-4-10(13(11)18)12(20)7-9-3-2-6-19-8-9/h1,4-5,9,19H,2-3,6-8,18H2.